The summed E-state index contributed by atoms with van der Waals surface area (Å²) < 4.78 is 47.6. The Labute approximate surface area is 162 Å². The van der Waals surface area contributed by atoms with Gasteiger partial charge in [-0.2, -0.15) is 13.2 Å². The standard InChI is InChI=1S/C19H23F3N4O2/c1-23-18(26(2)11-12-27-16-8-4-3-5-9-16)25-13-15-7-6-10-24-17(15)28-14-19(20,21)22/h3-10H,11-14H2,1-2H3,(H,23,25). The van der Waals surface area contributed by atoms with Gasteiger partial charge < -0.3 is 19.7 Å². The first-order valence-corrected chi connectivity index (χ1v) is 8.62. The van der Waals surface area contributed by atoms with E-state index in [2.05, 4.69) is 15.3 Å². The lowest BCUT2D eigenvalue weighted by molar-refractivity contribution is -0.154. The number of pyridine rings is 1. The van der Waals surface area contributed by atoms with Crippen molar-refractivity contribution in [2.45, 2.75) is 12.7 Å². The lowest BCUT2D eigenvalue weighted by Gasteiger charge is -2.22. The van der Waals surface area contributed by atoms with Crippen molar-refractivity contribution < 1.29 is 22.6 Å². The van der Waals surface area contributed by atoms with Crippen LogP contribution in [0.4, 0.5) is 13.2 Å². The molecule has 2 aromatic rings. The quantitative estimate of drug-likeness (QED) is 0.549. The summed E-state index contributed by atoms with van der Waals surface area (Å²) >= 11 is 0. The lowest BCUT2D eigenvalue weighted by Crippen LogP contribution is -2.40. The molecule has 0 saturated carbocycles. The number of guanidine groups is 1. The second-order valence-corrected chi connectivity index (χ2v) is 5.86. The van der Waals surface area contributed by atoms with Crippen LogP contribution in [-0.4, -0.2) is 55.9 Å². The minimum atomic E-state index is -4.42. The molecule has 0 aliphatic heterocycles. The number of hydrogen-bond acceptors (Lipinski definition) is 4. The number of rotatable bonds is 8. The average molecular weight is 396 g/mol. The molecule has 0 aliphatic carbocycles. The molecule has 6 nitrogen and oxygen atoms in total. The van der Waals surface area contributed by atoms with Gasteiger partial charge in [-0.25, -0.2) is 4.98 Å². The van der Waals surface area contributed by atoms with E-state index in [0.717, 1.165) is 5.75 Å². The third-order valence-electron chi connectivity index (χ3n) is 3.67. The van der Waals surface area contributed by atoms with Crippen molar-refractivity contribution in [3.8, 4) is 11.6 Å². The predicted molar refractivity (Wildman–Crippen MR) is 101 cm³/mol. The summed E-state index contributed by atoms with van der Waals surface area (Å²) in [4.78, 5) is 9.91. The van der Waals surface area contributed by atoms with Crippen LogP contribution in [0.5, 0.6) is 11.6 Å². The first kappa shape index (κ1) is 21.3. The van der Waals surface area contributed by atoms with Crippen LogP contribution in [0.15, 0.2) is 53.7 Å². The Morgan fingerprint density at radius 1 is 1.14 bits per heavy atom. The maximum Gasteiger partial charge on any atom is 0.422 e. The molecule has 152 valence electrons. The number of para-hydroxylation sites is 1. The van der Waals surface area contributed by atoms with E-state index < -0.39 is 12.8 Å². The molecule has 0 unspecified atom stereocenters. The number of nitrogens with one attached hydrogen (secondary N) is 1. The van der Waals surface area contributed by atoms with Crippen LogP contribution in [-0.2, 0) is 6.54 Å². The number of ether oxygens (including phenoxy) is 2. The zero-order chi connectivity index (χ0) is 20.4. The van der Waals surface area contributed by atoms with Crippen LogP contribution in [0.25, 0.3) is 0 Å². The van der Waals surface area contributed by atoms with E-state index in [1.165, 1.54) is 6.20 Å². The third-order valence-corrected chi connectivity index (χ3v) is 3.67. The minimum absolute atomic E-state index is 0.0576. The van der Waals surface area contributed by atoms with Gasteiger partial charge in [0.15, 0.2) is 12.6 Å². The summed E-state index contributed by atoms with van der Waals surface area (Å²) in [6.07, 6.45) is -3.03. The third kappa shape index (κ3) is 7.34. The molecular weight excluding hydrogens is 373 g/mol. The molecule has 0 atom stereocenters. The van der Waals surface area contributed by atoms with Crippen molar-refractivity contribution in [1.29, 1.82) is 0 Å². The van der Waals surface area contributed by atoms with Gasteiger partial charge in [-0.1, -0.05) is 24.3 Å². The number of alkyl halides is 3. The topological polar surface area (TPSA) is 59.0 Å². The highest BCUT2D eigenvalue weighted by molar-refractivity contribution is 5.79. The summed E-state index contributed by atoms with van der Waals surface area (Å²) in [5.74, 6) is 1.29. The van der Waals surface area contributed by atoms with Gasteiger partial charge in [0.2, 0.25) is 5.88 Å². The first-order valence-electron chi connectivity index (χ1n) is 8.62. The predicted octanol–water partition coefficient (Wildman–Crippen LogP) is 3.11. The molecule has 1 aromatic carbocycles. The first-order chi connectivity index (χ1) is 13.4. The molecule has 1 N–H and O–H groups in total. The van der Waals surface area contributed by atoms with Crippen molar-refractivity contribution in [3.05, 3.63) is 54.2 Å². The van der Waals surface area contributed by atoms with Gasteiger partial charge in [-0.3, -0.25) is 4.99 Å². The molecule has 0 fully saturated rings. The number of hydrogen-bond donors (Lipinski definition) is 1. The van der Waals surface area contributed by atoms with Crippen LogP contribution in [0.3, 0.4) is 0 Å². The second kappa shape index (κ2) is 10.4. The Bertz CT molecular complexity index is 754. The molecular formula is C19H23F3N4O2. The maximum atomic E-state index is 12.4. The van der Waals surface area contributed by atoms with Gasteiger partial charge in [0.25, 0.3) is 0 Å². The summed E-state index contributed by atoms with van der Waals surface area (Å²) in [6.45, 7) is -0.146. The van der Waals surface area contributed by atoms with Crippen LogP contribution < -0.4 is 14.8 Å². The average Bonchev–Trinajstić information content (AvgIpc) is 2.68. The minimum Gasteiger partial charge on any atom is -0.492 e. The van der Waals surface area contributed by atoms with Gasteiger partial charge in [0, 0.05) is 32.4 Å². The summed E-state index contributed by atoms with van der Waals surface area (Å²) in [6, 6.07) is 12.7. The molecule has 0 radical (unpaired) electrons. The number of likely N-dealkylation sites (N-methyl/N-ethyl adjacent to an activating group) is 1. The SMILES string of the molecule is CN=C(NCc1cccnc1OCC(F)(F)F)N(C)CCOc1ccccc1. The molecule has 28 heavy (non-hydrogen) atoms. The van der Waals surface area contributed by atoms with Gasteiger partial charge in [0.1, 0.15) is 12.4 Å². The summed E-state index contributed by atoms with van der Waals surface area (Å²) in [5.41, 5.74) is 0.502. The van der Waals surface area contributed by atoms with Crippen molar-refractivity contribution in [3.63, 3.8) is 0 Å². The zero-order valence-corrected chi connectivity index (χ0v) is 15.7. The van der Waals surface area contributed by atoms with Gasteiger partial charge in [-0.15, -0.1) is 0 Å². The molecule has 0 aliphatic rings. The van der Waals surface area contributed by atoms with Crippen LogP contribution >= 0.6 is 0 Å². The van der Waals surface area contributed by atoms with E-state index in [1.807, 2.05) is 42.3 Å². The van der Waals surface area contributed by atoms with Crippen molar-refractivity contribution in [1.82, 2.24) is 15.2 Å². The highest BCUT2D eigenvalue weighted by Gasteiger charge is 2.29. The van der Waals surface area contributed by atoms with Crippen LogP contribution in [0.2, 0.25) is 0 Å². The normalized spacial score (nSPS) is 11.8. The second-order valence-electron chi connectivity index (χ2n) is 5.86. The van der Waals surface area contributed by atoms with E-state index >= 15 is 0 Å². The molecule has 1 heterocycles. The Morgan fingerprint density at radius 3 is 2.57 bits per heavy atom. The highest BCUT2D eigenvalue weighted by atomic mass is 19.4. The molecule has 0 spiro atoms. The molecule has 0 bridgehead atoms. The maximum absolute atomic E-state index is 12.4. The van der Waals surface area contributed by atoms with E-state index in [4.69, 9.17) is 9.47 Å². The fraction of sp³-hybridized carbons (Fsp3) is 0.368. The van der Waals surface area contributed by atoms with Crippen LogP contribution in [0.1, 0.15) is 5.56 Å². The number of aliphatic imine (C=N–C) groups is 1. The smallest absolute Gasteiger partial charge is 0.422 e. The van der Waals surface area contributed by atoms with Gasteiger partial charge >= 0.3 is 6.18 Å². The van der Waals surface area contributed by atoms with E-state index in [-0.39, 0.29) is 12.4 Å². The summed E-state index contributed by atoms with van der Waals surface area (Å²) in [7, 11) is 3.47. The highest BCUT2D eigenvalue weighted by Crippen LogP contribution is 2.19. The lowest BCUT2D eigenvalue weighted by atomic mass is 10.2. The van der Waals surface area contributed by atoms with Gasteiger partial charge in [0.05, 0.1) is 6.54 Å². The van der Waals surface area contributed by atoms with Crippen molar-refractivity contribution in [2.75, 3.05) is 33.9 Å². The molecule has 2 rings (SSSR count). The molecule has 1 aromatic heterocycles. The Balaban J connectivity index is 1.86. The Hall–Kier alpha value is -2.97. The van der Waals surface area contributed by atoms with Gasteiger partial charge in [-0.05, 0) is 18.2 Å². The van der Waals surface area contributed by atoms with Crippen molar-refractivity contribution in [2.24, 2.45) is 4.99 Å². The molecule has 0 amide bonds. The molecule has 9 heteroatoms. The van der Waals surface area contributed by atoms with Crippen LogP contribution in [0, 0.1) is 0 Å². The Morgan fingerprint density at radius 2 is 1.89 bits per heavy atom. The zero-order valence-electron chi connectivity index (χ0n) is 15.7. The fourth-order valence-corrected chi connectivity index (χ4v) is 2.32. The van der Waals surface area contributed by atoms with E-state index in [0.29, 0.717) is 24.7 Å². The fourth-order valence-electron chi connectivity index (χ4n) is 2.32. The van der Waals surface area contributed by atoms with E-state index in [9.17, 15) is 13.2 Å². The Kier molecular flexibility index (Phi) is 7.91. The number of benzene rings is 1. The number of halogens is 3. The van der Waals surface area contributed by atoms with Crippen molar-refractivity contribution >= 4 is 5.96 Å². The number of aromatic nitrogens is 1. The largest absolute Gasteiger partial charge is 0.492 e. The monoisotopic (exact) mass is 396 g/mol. The summed E-state index contributed by atoms with van der Waals surface area (Å²) in [5, 5.41) is 3.09. The number of nitrogens with zero attached hydrogens (tertiary/aromatic N) is 3. The van der Waals surface area contributed by atoms with E-state index in [1.54, 1.807) is 19.2 Å². The molecule has 0 saturated heterocycles.